The molecule has 68 valence electrons. The van der Waals surface area contributed by atoms with Crippen LogP contribution in [0.1, 0.15) is 27.2 Å². The van der Waals surface area contributed by atoms with Crippen molar-refractivity contribution >= 4 is 5.78 Å². The second-order valence-electron chi connectivity index (χ2n) is 3.59. The van der Waals surface area contributed by atoms with E-state index < -0.39 is 0 Å². The van der Waals surface area contributed by atoms with Gasteiger partial charge in [0.25, 0.3) is 0 Å². The number of allylic oxidation sites excluding steroid dienone is 2. The molecule has 0 aromatic rings. The molecule has 0 spiro atoms. The highest BCUT2D eigenvalue weighted by molar-refractivity contribution is 5.97. The van der Waals surface area contributed by atoms with Crippen molar-refractivity contribution in [1.82, 2.24) is 0 Å². The highest BCUT2D eigenvalue weighted by atomic mass is 16.5. The topological polar surface area (TPSA) is 26.3 Å². The molecule has 0 N–H and O–H groups in total. The molecule has 0 bridgehead atoms. The summed E-state index contributed by atoms with van der Waals surface area (Å²) in [6.07, 6.45) is 0.898. The van der Waals surface area contributed by atoms with Gasteiger partial charge in [-0.3, -0.25) is 4.79 Å². The lowest BCUT2D eigenvalue weighted by Crippen LogP contribution is -2.26. The van der Waals surface area contributed by atoms with Gasteiger partial charge in [-0.2, -0.15) is 0 Å². The number of rotatable bonds is 1. The van der Waals surface area contributed by atoms with E-state index in [4.69, 9.17) is 4.74 Å². The summed E-state index contributed by atoms with van der Waals surface area (Å²) in [4.78, 5) is 11.6. The SMILES string of the molecule is COC1=C(C)C(=O)C(C)[C@H](C)C1. The zero-order valence-electron chi connectivity index (χ0n) is 8.18. The lowest BCUT2D eigenvalue weighted by Gasteiger charge is -2.26. The fraction of sp³-hybridized carbons (Fsp3) is 0.700. The van der Waals surface area contributed by atoms with E-state index in [2.05, 4.69) is 6.92 Å². The van der Waals surface area contributed by atoms with E-state index in [1.807, 2.05) is 13.8 Å². The zero-order valence-corrected chi connectivity index (χ0v) is 8.18. The minimum absolute atomic E-state index is 0.156. The summed E-state index contributed by atoms with van der Waals surface area (Å²) in [6.45, 7) is 5.93. The van der Waals surface area contributed by atoms with Gasteiger partial charge in [-0.1, -0.05) is 13.8 Å². The van der Waals surface area contributed by atoms with Gasteiger partial charge in [-0.25, -0.2) is 0 Å². The summed E-state index contributed by atoms with van der Waals surface area (Å²) in [5.41, 5.74) is 0.808. The third-order valence-electron chi connectivity index (χ3n) is 2.81. The van der Waals surface area contributed by atoms with Gasteiger partial charge < -0.3 is 4.74 Å². The molecule has 0 amide bonds. The fourth-order valence-corrected chi connectivity index (χ4v) is 1.60. The molecular weight excluding hydrogens is 152 g/mol. The molecule has 0 aromatic heterocycles. The Morgan fingerprint density at radius 1 is 1.42 bits per heavy atom. The van der Waals surface area contributed by atoms with Crippen LogP contribution in [0.2, 0.25) is 0 Å². The van der Waals surface area contributed by atoms with Crippen LogP contribution in [-0.2, 0) is 9.53 Å². The van der Waals surface area contributed by atoms with Gasteiger partial charge in [-0.15, -0.1) is 0 Å². The summed E-state index contributed by atoms with van der Waals surface area (Å²) >= 11 is 0. The fourth-order valence-electron chi connectivity index (χ4n) is 1.60. The molecular formula is C10H16O2. The van der Waals surface area contributed by atoms with Crippen molar-refractivity contribution in [2.24, 2.45) is 11.8 Å². The van der Waals surface area contributed by atoms with E-state index in [-0.39, 0.29) is 11.7 Å². The molecule has 0 saturated heterocycles. The molecule has 2 atom stereocenters. The van der Waals surface area contributed by atoms with Gasteiger partial charge in [0.1, 0.15) is 5.76 Å². The molecule has 0 radical (unpaired) electrons. The van der Waals surface area contributed by atoms with Crippen molar-refractivity contribution in [3.05, 3.63) is 11.3 Å². The predicted octanol–water partition coefficient (Wildman–Crippen LogP) is 2.15. The van der Waals surface area contributed by atoms with E-state index in [9.17, 15) is 4.79 Å². The van der Waals surface area contributed by atoms with Crippen molar-refractivity contribution in [1.29, 1.82) is 0 Å². The monoisotopic (exact) mass is 168 g/mol. The highest BCUT2D eigenvalue weighted by Crippen LogP contribution is 2.30. The van der Waals surface area contributed by atoms with Crippen molar-refractivity contribution < 1.29 is 9.53 Å². The number of ketones is 1. The van der Waals surface area contributed by atoms with E-state index >= 15 is 0 Å². The van der Waals surface area contributed by atoms with Gasteiger partial charge in [-0.05, 0) is 12.8 Å². The lowest BCUT2D eigenvalue weighted by molar-refractivity contribution is -0.121. The van der Waals surface area contributed by atoms with Crippen molar-refractivity contribution in [2.75, 3.05) is 7.11 Å². The van der Waals surface area contributed by atoms with Gasteiger partial charge in [0.05, 0.1) is 7.11 Å². The third kappa shape index (κ3) is 1.38. The number of carbonyl (C=O) groups is 1. The summed E-state index contributed by atoms with van der Waals surface area (Å²) in [7, 11) is 1.63. The van der Waals surface area contributed by atoms with Crippen LogP contribution in [0.3, 0.4) is 0 Å². The number of ether oxygens (including phenoxy) is 1. The Kier molecular flexibility index (Phi) is 2.55. The first kappa shape index (κ1) is 9.30. The quantitative estimate of drug-likeness (QED) is 0.599. The van der Waals surface area contributed by atoms with Crippen LogP contribution in [0.5, 0.6) is 0 Å². The first-order chi connectivity index (χ1) is 5.57. The smallest absolute Gasteiger partial charge is 0.164 e. The average Bonchev–Trinajstić information content (AvgIpc) is 2.08. The van der Waals surface area contributed by atoms with Gasteiger partial charge in [0.2, 0.25) is 0 Å². The normalized spacial score (nSPS) is 30.8. The van der Waals surface area contributed by atoms with Crippen LogP contribution in [0.4, 0.5) is 0 Å². The van der Waals surface area contributed by atoms with Crippen LogP contribution in [0.25, 0.3) is 0 Å². The number of Topliss-reactive ketones (excluding diaryl/α,β-unsaturated/α-hetero) is 1. The first-order valence-corrected chi connectivity index (χ1v) is 4.36. The van der Waals surface area contributed by atoms with Crippen LogP contribution < -0.4 is 0 Å². The van der Waals surface area contributed by atoms with E-state index in [1.54, 1.807) is 7.11 Å². The minimum atomic E-state index is 0.156. The predicted molar refractivity (Wildman–Crippen MR) is 47.7 cm³/mol. The largest absolute Gasteiger partial charge is 0.501 e. The number of hydrogen-bond donors (Lipinski definition) is 0. The van der Waals surface area contributed by atoms with Gasteiger partial charge in [0.15, 0.2) is 5.78 Å². The Bertz CT molecular complexity index is 228. The third-order valence-corrected chi connectivity index (χ3v) is 2.81. The molecule has 0 fully saturated rings. The molecule has 0 aliphatic heterocycles. The molecule has 2 heteroatoms. The van der Waals surface area contributed by atoms with Crippen LogP contribution in [-0.4, -0.2) is 12.9 Å². The average molecular weight is 168 g/mol. The standard InChI is InChI=1S/C10H16O2/c1-6-5-9(12-4)8(3)10(11)7(6)2/h6-7H,5H2,1-4H3/t6-,7?/m1/s1. The molecule has 1 aliphatic carbocycles. The number of hydrogen-bond acceptors (Lipinski definition) is 2. The maximum Gasteiger partial charge on any atom is 0.164 e. The maximum absolute atomic E-state index is 11.6. The molecule has 1 unspecified atom stereocenters. The molecule has 0 saturated carbocycles. The molecule has 2 nitrogen and oxygen atoms in total. The molecule has 1 aliphatic rings. The van der Waals surface area contributed by atoms with Gasteiger partial charge >= 0.3 is 0 Å². The van der Waals surface area contributed by atoms with E-state index in [1.165, 1.54) is 0 Å². The number of carbonyl (C=O) groups excluding carboxylic acids is 1. The Balaban J connectivity index is 2.95. The Morgan fingerprint density at radius 2 is 2.00 bits per heavy atom. The lowest BCUT2D eigenvalue weighted by atomic mass is 9.80. The molecule has 12 heavy (non-hydrogen) atoms. The second-order valence-corrected chi connectivity index (χ2v) is 3.59. The zero-order chi connectivity index (χ0) is 9.30. The molecule has 0 heterocycles. The first-order valence-electron chi connectivity index (χ1n) is 4.36. The summed E-state index contributed by atoms with van der Waals surface area (Å²) in [5.74, 6) is 1.68. The molecule has 1 rings (SSSR count). The van der Waals surface area contributed by atoms with Crippen molar-refractivity contribution in [3.63, 3.8) is 0 Å². The Labute approximate surface area is 73.6 Å². The van der Waals surface area contributed by atoms with Crippen LogP contribution in [0.15, 0.2) is 11.3 Å². The van der Waals surface area contributed by atoms with Gasteiger partial charge in [0, 0.05) is 17.9 Å². The maximum atomic E-state index is 11.6. The second kappa shape index (κ2) is 3.30. The van der Waals surface area contributed by atoms with Crippen LogP contribution in [0, 0.1) is 11.8 Å². The summed E-state index contributed by atoms with van der Waals surface area (Å²) in [5, 5.41) is 0. The number of methoxy groups -OCH3 is 1. The van der Waals surface area contributed by atoms with E-state index in [0.29, 0.717) is 5.92 Å². The highest BCUT2D eigenvalue weighted by Gasteiger charge is 2.29. The Morgan fingerprint density at radius 3 is 2.50 bits per heavy atom. The molecule has 0 aromatic carbocycles. The van der Waals surface area contributed by atoms with E-state index in [0.717, 1.165) is 17.8 Å². The minimum Gasteiger partial charge on any atom is -0.501 e. The van der Waals surface area contributed by atoms with Crippen molar-refractivity contribution in [2.45, 2.75) is 27.2 Å². The summed E-state index contributed by atoms with van der Waals surface area (Å²) < 4.78 is 5.15. The Hall–Kier alpha value is -0.790. The van der Waals surface area contributed by atoms with Crippen molar-refractivity contribution in [3.8, 4) is 0 Å². The summed E-state index contributed by atoms with van der Waals surface area (Å²) in [6, 6.07) is 0. The van der Waals surface area contributed by atoms with Crippen LogP contribution >= 0.6 is 0 Å².